The molecule has 1 unspecified atom stereocenters. The lowest BCUT2D eigenvalue weighted by atomic mass is 9.91. The molecule has 4 rings (SSSR count). The average molecular weight is 597 g/mol. The number of halogens is 1. The van der Waals surface area contributed by atoms with E-state index in [1.165, 1.54) is 24.7 Å². The lowest BCUT2D eigenvalue weighted by Crippen LogP contribution is -2.57. The molecule has 0 saturated carbocycles. The lowest BCUT2D eigenvalue weighted by molar-refractivity contribution is -0.151. The summed E-state index contributed by atoms with van der Waals surface area (Å²) >= 11 is 0. The highest BCUT2D eigenvalue weighted by molar-refractivity contribution is 7.54. The number of para-hydroxylation sites is 1. The van der Waals surface area contributed by atoms with E-state index in [2.05, 4.69) is 15.0 Å². The Hall–Kier alpha value is -3.36. The van der Waals surface area contributed by atoms with Crippen LogP contribution in [0, 0.1) is 5.92 Å². The van der Waals surface area contributed by atoms with E-state index in [9.17, 15) is 23.7 Å². The van der Waals surface area contributed by atoms with Crippen molar-refractivity contribution < 1.29 is 37.4 Å². The number of aromatic nitrogens is 4. The minimum atomic E-state index is -4.13. The van der Waals surface area contributed by atoms with E-state index >= 15 is 0 Å². The van der Waals surface area contributed by atoms with Gasteiger partial charge in [-0.3, -0.25) is 23.7 Å². The minimum Gasteiger partial charge on any atom is -0.463 e. The highest BCUT2D eigenvalue weighted by Gasteiger charge is 2.58. The number of alkyl halides is 1. The third kappa shape index (κ3) is 6.28. The summed E-state index contributed by atoms with van der Waals surface area (Å²) in [4.78, 5) is 35.1. The summed E-state index contributed by atoms with van der Waals surface area (Å²) in [6, 6.07) is 8.19. The van der Waals surface area contributed by atoms with Crippen molar-refractivity contribution in [1.82, 2.24) is 19.5 Å². The molecule has 16 heteroatoms. The Morgan fingerprint density at radius 1 is 1.29 bits per heavy atom. The van der Waals surface area contributed by atoms with Crippen molar-refractivity contribution in [3.63, 3.8) is 0 Å². The number of nitrogen functional groups attached to an aromatic ring is 1. The zero-order valence-corrected chi connectivity index (χ0v) is 23.9. The van der Waals surface area contributed by atoms with Gasteiger partial charge in [-0.2, -0.15) is 4.98 Å². The topological polar surface area (TPSA) is 207 Å². The molecule has 0 aliphatic carbocycles. The molecule has 1 aliphatic heterocycles. The van der Waals surface area contributed by atoms with E-state index in [0.717, 1.165) is 0 Å². The zero-order chi connectivity index (χ0) is 30.1. The Morgan fingerprint density at radius 2 is 1.98 bits per heavy atom. The Bertz CT molecular complexity index is 1490. The fourth-order valence-electron chi connectivity index (χ4n) is 4.57. The van der Waals surface area contributed by atoms with Gasteiger partial charge in [0.2, 0.25) is 5.95 Å². The van der Waals surface area contributed by atoms with Crippen LogP contribution in [0.4, 0.5) is 10.3 Å². The van der Waals surface area contributed by atoms with Gasteiger partial charge >= 0.3 is 13.6 Å². The molecule has 0 bridgehead atoms. The van der Waals surface area contributed by atoms with Crippen LogP contribution in [0.2, 0.25) is 0 Å². The van der Waals surface area contributed by atoms with Crippen molar-refractivity contribution in [2.45, 2.75) is 63.9 Å². The van der Waals surface area contributed by atoms with Crippen LogP contribution < -0.4 is 21.6 Å². The summed E-state index contributed by atoms with van der Waals surface area (Å²) in [6.45, 7) is 5.09. The molecule has 0 amide bonds. The van der Waals surface area contributed by atoms with Crippen LogP contribution in [0.3, 0.4) is 0 Å². The van der Waals surface area contributed by atoms with Crippen molar-refractivity contribution in [2.75, 3.05) is 18.6 Å². The van der Waals surface area contributed by atoms with Gasteiger partial charge in [-0.05, 0) is 32.9 Å². The number of esters is 1. The molecule has 1 aromatic carbocycles. The monoisotopic (exact) mass is 596 g/mol. The summed E-state index contributed by atoms with van der Waals surface area (Å²) in [5, 5.41) is 11.2. The van der Waals surface area contributed by atoms with Gasteiger partial charge in [0.1, 0.15) is 30.2 Å². The Labute approximate surface area is 234 Å². The number of aromatic amines is 1. The fraction of sp³-hybridized carbons (Fsp3) is 0.520. The van der Waals surface area contributed by atoms with Crippen molar-refractivity contribution in [3.8, 4) is 5.75 Å². The predicted molar refractivity (Wildman–Crippen MR) is 146 cm³/mol. The van der Waals surface area contributed by atoms with Crippen LogP contribution in [0.5, 0.6) is 5.75 Å². The first-order chi connectivity index (χ1) is 19.3. The normalized spacial score (nSPS) is 25.6. The molecule has 1 fully saturated rings. The van der Waals surface area contributed by atoms with E-state index in [-0.39, 0.29) is 29.0 Å². The Morgan fingerprint density at radius 3 is 2.61 bits per heavy atom. The summed E-state index contributed by atoms with van der Waals surface area (Å²) in [6.07, 6.45) is -5.20. The Balaban J connectivity index is 1.63. The third-order valence-corrected chi connectivity index (χ3v) is 8.71. The maximum Gasteiger partial charge on any atom is 0.380 e. The van der Waals surface area contributed by atoms with Crippen LogP contribution in [-0.4, -0.2) is 73.4 Å². The number of H-pyrrole nitrogens is 1. The second-order valence-electron chi connectivity index (χ2n) is 10.3. The maximum absolute atomic E-state index is 14.5. The van der Waals surface area contributed by atoms with E-state index in [1.807, 2.05) is 0 Å². The van der Waals surface area contributed by atoms with Gasteiger partial charge in [-0.25, -0.2) is 13.9 Å². The number of ether oxygens (including phenoxy) is 2. The maximum atomic E-state index is 14.5. The van der Waals surface area contributed by atoms with Crippen molar-refractivity contribution in [1.29, 1.82) is 0 Å². The number of aliphatic hydroxyl groups excluding tert-OH is 1. The number of hydrogen-bond donors (Lipinski definition) is 4. The van der Waals surface area contributed by atoms with Crippen molar-refractivity contribution >= 4 is 30.7 Å². The molecule has 3 heterocycles. The number of fused-ring (bicyclic) bond motifs is 1. The molecule has 7 atom stereocenters. The van der Waals surface area contributed by atoms with E-state index in [1.54, 1.807) is 44.2 Å². The molecule has 1 aliphatic rings. The number of hydrogen-bond acceptors (Lipinski definition) is 12. The van der Waals surface area contributed by atoms with Gasteiger partial charge in [0, 0.05) is 0 Å². The first kappa shape index (κ1) is 30.6. The largest absolute Gasteiger partial charge is 0.463 e. The van der Waals surface area contributed by atoms with Crippen LogP contribution in [-0.2, 0) is 23.4 Å². The molecule has 14 nitrogen and oxygen atoms in total. The number of nitrogens with two attached hydrogens (primary N) is 2. The molecular formula is C25H34FN6O8P. The molecule has 0 radical (unpaired) electrons. The van der Waals surface area contributed by atoms with Gasteiger partial charge in [0.05, 0.1) is 30.6 Å². The zero-order valence-electron chi connectivity index (χ0n) is 23.0. The number of carbonyl (C=O) groups excluding carboxylic acids is 1. The second-order valence-corrected chi connectivity index (χ2v) is 12.3. The van der Waals surface area contributed by atoms with Gasteiger partial charge in [-0.15, -0.1) is 0 Å². The summed E-state index contributed by atoms with van der Waals surface area (Å²) in [7, 11) is -4.13. The van der Waals surface area contributed by atoms with Gasteiger partial charge in [0.25, 0.3) is 5.56 Å². The number of anilines is 1. The molecule has 6 N–H and O–H groups in total. The van der Waals surface area contributed by atoms with Crippen molar-refractivity contribution in [3.05, 3.63) is 47.0 Å². The standard InChI is InChI=1S/C25H34FN6O8P/c1-13(2)37-22(35)14(3)10-41(36,40-16-8-6-5-7-9-16)39-15(4)18-19(33)25(28,11-26)23(38-18)32-12-29-17-20(32)30-24(27)31-21(17)34/h5-9,12-15,18-19,23,33H,10-11,28H2,1-4H3,(H3,27,30,31,34)/t14-,15+,18-,19+,23-,25?,41+/m1/s1. The molecule has 2 aromatic heterocycles. The van der Waals surface area contributed by atoms with Crippen LogP contribution in [0.15, 0.2) is 41.5 Å². The fourth-order valence-corrected chi connectivity index (χ4v) is 6.66. The first-order valence-electron chi connectivity index (χ1n) is 12.9. The minimum absolute atomic E-state index is 0.0449. The number of rotatable bonds is 11. The average Bonchev–Trinajstić information content (AvgIpc) is 3.42. The van der Waals surface area contributed by atoms with E-state index in [4.69, 9.17) is 30.0 Å². The second kappa shape index (κ2) is 11.9. The molecule has 1 saturated heterocycles. The van der Waals surface area contributed by atoms with Crippen LogP contribution in [0.1, 0.15) is 33.9 Å². The van der Waals surface area contributed by atoms with E-state index in [0.29, 0.717) is 0 Å². The van der Waals surface area contributed by atoms with E-state index < -0.39 is 67.9 Å². The molecular weight excluding hydrogens is 562 g/mol. The summed E-state index contributed by atoms with van der Waals surface area (Å²) < 4.78 is 52.6. The number of aliphatic hydroxyl groups is 1. The highest BCUT2D eigenvalue weighted by atomic mass is 31.2. The molecule has 0 spiro atoms. The summed E-state index contributed by atoms with van der Waals surface area (Å²) in [5.41, 5.74) is 9.17. The SMILES string of the molecule is CC(C)OC(=O)[C@H](C)C[P@@](=O)(Oc1ccccc1)O[C@@H](C)[C@H]1O[C@@H](n2cnc3c(=O)[nH]c(N)nc32)C(N)(CF)[C@H]1O. The molecule has 3 aromatic rings. The predicted octanol–water partition coefficient (Wildman–Crippen LogP) is 1.89. The van der Waals surface area contributed by atoms with Gasteiger partial charge < -0.3 is 30.6 Å². The lowest BCUT2D eigenvalue weighted by Gasteiger charge is -2.31. The molecule has 41 heavy (non-hydrogen) atoms. The van der Waals surface area contributed by atoms with Crippen molar-refractivity contribution in [2.24, 2.45) is 11.7 Å². The first-order valence-corrected chi connectivity index (χ1v) is 14.6. The summed E-state index contributed by atoms with van der Waals surface area (Å²) in [5.74, 6) is -1.48. The number of carbonyl (C=O) groups is 1. The number of nitrogens with one attached hydrogen (secondary N) is 1. The Kier molecular flexibility index (Phi) is 8.85. The highest BCUT2D eigenvalue weighted by Crippen LogP contribution is 2.53. The van der Waals surface area contributed by atoms with Crippen LogP contribution >= 0.6 is 7.60 Å². The van der Waals surface area contributed by atoms with Gasteiger partial charge in [0.15, 0.2) is 17.4 Å². The number of benzene rings is 1. The van der Waals surface area contributed by atoms with Crippen LogP contribution in [0.25, 0.3) is 11.2 Å². The number of nitrogens with zero attached hydrogens (tertiary/aromatic N) is 3. The quantitative estimate of drug-likeness (QED) is 0.185. The smallest absolute Gasteiger partial charge is 0.380 e. The molecule has 224 valence electrons. The third-order valence-electron chi connectivity index (χ3n) is 6.57. The number of imidazole rings is 1. The van der Waals surface area contributed by atoms with Gasteiger partial charge in [-0.1, -0.05) is 25.1 Å².